The number of nitrogens with one attached hydrogen (secondary N) is 1. The molecule has 23 heavy (non-hydrogen) atoms. The first-order chi connectivity index (χ1) is 10.6. The number of amides is 2. The summed E-state index contributed by atoms with van der Waals surface area (Å²) >= 11 is 0. The third-order valence-corrected chi connectivity index (χ3v) is 5.43. The molecular formula is C15H28N2O5S. The minimum absolute atomic E-state index is 0.0197. The van der Waals surface area contributed by atoms with Crippen LogP contribution in [-0.4, -0.2) is 68.5 Å². The van der Waals surface area contributed by atoms with E-state index in [0.717, 1.165) is 6.42 Å². The number of hydrogen-bond donors (Lipinski definition) is 1. The Labute approximate surface area is 138 Å². The highest BCUT2D eigenvalue weighted by atomic mass is 32.2. The van der Waals surface area contributed by atoms with Gasteiger partial charge in [0.1, 0.15) is 12.1 Å². The van der Waals surface area contributed by atoms with Crippen molar-refractivity contribution in [3.8, 4) is 0 Å². The topological polar surface area (TPSA) is 92.8 Å². The highest BCUT2D eigenvalue weighted by Gasteiger charge is 2.29. The summed E-state index contributed by atoms with van der Waals surface area (Å²) in [5.41, 5.74) is 0. The first kappa shape index (κ1) is 19.9. The summed E-state index contributed by atoms with van der Waals surface area (Å²) in [5, 5.41) is 2.63. The standard InChI is InChI=1S/C15H28N2O5S/c1-11(2)5-8-22-13(4)14(18)16-12(3)15(19)17-6-9-23(20,21)10-7-17/h11-13H,5-10H2,1-4H3,(H,16,18)/t12-,13+/m0/s1. The van der Waals surface area contributed by atoms with Crippen LogP contribution in [0.4, 0.5) is 0 Å². The Morgan fingerprint density at radius 2 is 1.70 bits per heavy atom. The summed E-state index contributed by atoms with van der Waals surface area (Å²) in [6, 6.07) is -0.695. The lowest BCUT2D eigenvalue weighted by Gasteiger charge is -2.29. The second-order valence-corrected chi connectivity index (χ2v) is 8.71. The van der Waals surface area contributed by atoms with Gasteiger partial charge in [0, 0.05) is 19.7 Å². The molecular weight excluding hydrogens is 320 g/mol. The number of carbonyl (C=O) groups is 2. The van der Waals surface area contributed by atoms with E-state index >= 15 is 0 Å². The minimum Gasteiger partial charge on any atom is -0.369 e. The fraction of sp³-hybridized carbons (Fsp3) is 0.867. The molecule has 1 fully saturated rings. The minimum atomic E-state index is -3.03. The molecule has 0 saturated carbocycles. The molecule has 0 aromatic rings. The molecule has 2 atom stereocenters. The first-order valence-corrected chi connectivity index (χ1v) is 9.85. The predicted molar refractivity (Wildman–Crippen MR) is 87.7 cm³/mol. The van der Waals surface area contributed by atoms with E-state index in [1.165, 1.54) is 4.90 Å². The molecule has 1 saturated heterocycles. The Balaban J connectivity index is 2.40. The quantitative estimate of drug-likeness (QED) is 0.709. The van der Waals surface area contributed by atoms with Gasteiger partial charge in [0.2, 0.25) is 11.8 Å². The van der Waals surface area contributed by atoms with E-state index in [9.17, 15) is 18.0 Å². The summed E-state index contributed by atoms with van der Waals surface area (Å²) in [5.74, 6) is -0.134. The lowest BCUT2D eigenvalue weighted by Crippen LogP contribution is -2.53. The lowest BCUT2D eigenvalue weighted by molar-refractivity contribution is -0.139. The van der Waals surface area contributed by atoms with Crippen molar-refractivity contribution in [3.05, 3.63) is 0 Å². The Bertz CT molecular complexity index is 504. The van der Waals surface area contributed by atoms with Crippen molar-refractivity contribution in [1.82, 2.24) is 10.2 Å². The van der Waals surface area contributed by atoms with Crippen LogP contribution in [-0.2, 0) is 24.2 Å². The highest BCUT2D eigenvalue weighted by Crippen LogP contribution is 2.06. The third kappa shape index (κ3) is 6.87. The maximum absolute atomic E-state index is 12.2. The summed E-state index contributed by atoms with van der Waals surface area (Å²) in [4.78, 5) is 25.7. The van der Waals surface area contributed by atoms with Crippen molar-refractivity contribution in [3.63, 3.8) is 0 Å². The molecule has 0 bridgehead atoms. The van der Waals surface area contributed by atoms with Gasteiger partial charge in [-0.15, -0.1) is 0 Å². The number of hydrogen-bond acceptors (Lipinski definition) is 5. The zero-order valence-electron chi connectivity index (χ0n) is 14.4. The zero-order valence-corrected chi connectivity index (χ0v) is 15.2. The Kier molecular flexibility index (Phi) is 7.47. The van der Waals surface area contributed by atoms with E-state index < -0.39 is 22.0 Å². The number of nitrogens with zero attached hydrogens (tertiary/aromatic N) is 1. The van der Waals surface area contributed by atoms with Gasteiger partial charge in [-0.05, 0) is 26.2 Å². The second kappa shape index (κ2) is 8.63. The van der Waals surface area contributed by atoms with Crippen molar-refractivity contribution in [2.75, 3.05) is 31.2 Å². The lowest BCUT2D eigenvalue weighted by atomic mass is 10.1. The molecule has 1 rings (SSSR count). The normalized spacial score (nSPS) is 20.1. The van der Waals surface area contributed by atoms with Gasteiger partial charge in [0.05, 0.1) is 11.5 Å². The molecule has 7 nitrogen and oxygen atoms in total. The largest absolute Gasteiger partial charge is 0.369 e. The van der Waals surface area contributed by atoms with Crippen LogP contribution in [0.2, 0.25) is 0 Å². The van der Waals surface area contributed by atoms with Crippen LogP contribution in [0, 0.1) is 5.92 Å². The van der Waals surface area contributed by atoms with E-state index in [2.05, 4.69) is 19.2 Å². The van der Waals surface area contributed by atoms with Gasteiger partial charge in [-0.3, -0.25) is 9.59 Å². The highest BCUT2D eigenvalue weighted by molar-refractivity contribution is 7.91. The molecule has 0 aromatic carbocycles. The number of rotatable bonds is 7. The zero-order chi connectivity index (χ0) is 17.6. The van der Waals surface area contributed by atoms with Gasteiger partial charge in [0.25, 0.3) is 0 Å². The molecule has 134 valence electrons. The summed E-state index contributed by atoms with van der Waals surface area (Å²) in [6.07, 6.45) is 0.250. The van der Waals surface area contributed by atoms with Crippen molar-refractivity contribution >= 4 is 21.7 Å². The second-order valence-electron chi connectivity index (χ2n) is 6.40. The maximum atomic E-state index is 12.2. The summed E-state index contributed by atoms with van der Waals surface area (Å²) in [6.45, 7) is 8.27. The van der Waals surface area contributed by atoms with Crippen LogP contribution in [0.5, 0.6) is 0 Å². The molecule has 2 amide bonds. The molecule has 0 spiro atoms. The Morgan fingerprint density at radius 3 is 2.22 bits per heavy atom. The third-order valence-electron chi connectivity index (χ3n) is 3.82. The van der Waals surface area contributed by atoms with Gasteiger partial charge in [-0.1, -0.05) is 13.8 Å². The summed E-state index contributed by atoms with van der Waals surface area (Å²) < 4.78 is 28.2. The Morgan fingerprint density at radius 1 is 1.13 bits per heavy atom. The van der Waals surface area contributed by atoms with E-state index in [1.807, 2.05) is 0 Å². The smallest absolute Gasteiger partial charge is 0.249 e. The van der Waals surface area contributed by atoms with E-state index in [4.69, 9.17) is 4.74 Å². The van der Waals surface area contributed by atoms with E-state index in [1.54, 1.807) is 13.8 Å². The molecule has 1 aliphatic rings. The predicted octanol–water partition coefficient (Wildman–Crippen LogP) is 0.199. The van der Waals surface area contributed by atoms with Crippen LogP contribution in [0.15, 0.2) is 0 Å². The van der Waals surface area contributed by atoms with Crippen LogP contribution in [0.1, 0.15) is 34.1 Å². The fourth-order valence-electron chi connectivity index (χ4n) is 2.16. The SMILES string of the molecule is CC(C)CCO[C@H](C)C(=O)N[C@@H](C)C(=O)N1CCS(=O)(=O)CC1. The summed E-state index contributed by atoms with van der Waals surface area (Å²) in [7, 11) is -3.03. The molecule has 0 unspecified atom stereocenters. The molecule has 1 heterocycles. The van der Waals surface area contributed by atoms with Crippen LogP contribution < -0.4 is 5.32 Å². The van der Waals surface area contributed by atoms with Crippen molar-refractivity contribution in [2.45, 2.75) is 46.3 Å². The average Bonchev–Trinajstić information content (AvgIpc) is 2.45. The van der Waals surface area contributed by atoms with E-state index in [0.29, 0.717) is 12.5 Å². The van der Waals surface area contributed by atoms with Crippen molar-refractivity contribution in [1.29, 1.82) is 0 Å². The molecule has 1 aliphatic heterocycles. The van der Waals surface area contributed by atoms with Crippen LogP contribution in [0.25, 0.3) is 0 Å². The number of sulfone groups is 1. The van der Waals surface area contributed by atoms with Crippen LogP contribution >= 0.6 is 0 Å². The van der Waals surface area contributed by atoms with E-state index in [-0.39, 0.29) is 36.4 Å². The van der Waals surface area contributed by atoms with Crippen molar-refractivity contribution in [2.24, 2.45) is 5.92 Å². The molecule has 1 N–H and O–H groups in total. The monoisotopic (exact) mass is 348 g/mol. The first-order valence-electron chi connectivity index (χ1n) is 8.03. The Hall–Kier alpha value is -1.15. The molecule has 0 aliphatic carbocycles. The van der Waals surface area contributed by atoms with Gasteiger partial charge >= 0.3 is 0 Å². The number of carbonyl (C=O) groups excluding carboxylic acids is 2. The van der Waals surface area contributed by atoms with Gasteiger partial charge in [-0.2, -0.15) is 0 Å². The van der Waals surface area contributed by atoms with Crippen LogP contribution in [0.3, 0.4) is 0 Å². The average molecular weight is 348 g/mol. The molecule has 8 heteroatoms. The van der Waals surface area contributed by atoms with Gasteiger partial charge in [0.15, 0.2) is 9.84 Å². The fourth-order valence-corrected chi connectivity index (χ4v) is 3.36. The van der Waals surface area contributed by atoms with Crippen molar-refractivity contribution < 1.29 is 22.7 Å². The van der Waals surface area contributed by atoms with Gasteiger partial charge in [-0.25, -0.2) is 8.42 Å². The molecule has 0 aromatic heterocycles. The molecule has 0 radical (unpaired) electrons. The number of ether oxygens (including phenoxy) is 1. The maximum Gasteiger partial charge on any atom is 0.249 e. The van der Waals surface area contributed by atoms with Gasteiger partial charge < -0.3 is 15.0 Å².